The summed E-state index contributed by atoms with van der Waals surface area (Å²) in [7, 11) is 0. The molecule has 0 spiro atoms. The van der Waals surface area contributed by atoms with Gasteiger partial charge in [0, 0.05) is 6.20 Å². The minimum atomic E-state index is 0.249. The summed E-state index contributed by atoms with van der Waals surface area (Å²) in [6.45, 7) is 5.14. The van der Waals surface area contributed by atoms with Crippen molar-refractivity contribution in [2.75, 3.05) is 6.54 Å². The van der Waals surface area contributed by atoms with Gasteiger partial charge in [-0.3, -0.25) is 4.98 Å². The second-order valence-corrected chi connectivity index (χ2v) is 4.15. The summed E-state index contributed by atoms with van der Waals surface area (Å²) in [5, 5.41) is 3.47. The molecule has 17 heavy (non-hydrogen) atoms. The fourth-order valence-corrected chi connectivity index (χ4v) is 2.02. The topological polar surface area (TPSA) is 38.1 Å². The maximum absolute atomic E-state index is 5.11. The summed E-state index contributed by atoms with van der Waals surface area (Å²) in [6, 6.07) is 6.32. The summed E-state index contributed by atoms with van der Waals surface area (Å²) < 4.78 is 5.11. The Hall–Kier alpha value is -1.61. The fourth-order valence-electron chi connectivity index (χ4n) is 2.02. The third kappa shape index (κ3) is 2.94. The van der Waals surface area contributed by atoms with Gasteiger partial charge in [0.25, 0.3) is 0 Å². The zero-order valence-electron chi connectivity index (χ0n) is 10.3. The molecule has 90 valence electrons. The van der Waals surface area contributed by atoms with Gasteiger partial charge in [-0.05, 0) is 43.1 Å². The van der Waals surface area contributed by atoms with Gasteiger partial charge in [-0.2, -0.15) is 0 Å². The molecule has 1 atom stereocenters. The van der Waals surface area contributed by atoms with Crippen molar-refractivity contribution in [1.82, 2.24) is 10.3 Å². The molecule has 2 heterocycles. The van der Waals surface area contributed by atoms with Crippen molar-refractivity contribution in [1.29, 1.82) is 0 Å². The quantitative estimate of drug-likeness (QED) is 0.858. The summed E-state index contributed by atoms with van der Waals surface area (Å²) in [4.78, 5) is 4.48. The highest BCUT2D eigenvalue weighted by atomic mass is 16.3. The van der Waals surface area contributed by atoms with Gasteiger partial charge in [-0.15, -0.1) is 0 Å². The zero-order valence-corrected chi connectivity index (χ0v) is 10.3. The first-order valence-corrected chi connectivity index (χ1v) is 5.97. The van der Waals surface area contributed by atoms with E-state index in [1.54, 1.807) is 12.5 Å². The number of nitrogens with one attached hydrogen (secondary N) is 1. The van der Waals surface area contributed by atoms with Gasteiger partial charge in [-0.25, -0.2) is 0 Å². The van der Waals surface area contributed by atoms with Crippen LogP contribution in [0.25, 0.3) is 0 Å². The minimum Gasteiger partial charge on any atom is -0.472 e. The molecule has 0 aliphatic rings. The molecule has 0 bridgehead atoms. The first-order chi connectivity index (χ1) is 8.31. The van der Waals surface area contributed by atoms with Crippen molar-refractivity contribution in [3.05, 3.63) is 53.7 Å². The lowest BCUT2D eigenvalue weighted by Gasteiger charge is -2.18. The van der Waals surface area contributed by atoms with Crippen molar-refractivity contribution >= 4 is 0 Å². The predicted octanol–water partition coefficient (Wildman–Crippen LogP) is 2.88. The Balaban J connectivity index is 2.20. The number of aryl methyl sites for hydroxylation is 1. The number of aromatic nitrogens is 1. The molecule has 0 saturated carbocycles. The number of nitrogens with zero attached hydrogens (tertiary/aromatic N) is 1. The Morgan fingerprint density at radius 3 is 2.94 bits per heavy atom. The molecule has 3 heteroatoms. The van der Waals surface area contributed by atoms with Crippen LogP contribution >= 0.6 is 0 Å². The molecule has 2 rings (SSSR count). The number of rotatable bonds is 5. The summed E-state index contributed by atoms with van der Waals surface area (Å²) in [5.41, 5.74) is 3.54. The number of likely N-dealkylation sites (N-methyl/N-ethyl adjacent to an activating group) is 1. The Kier molecular flexibility index (Phi) is 3.94. The van der Waals surface area contributed by atoms with E-state index in [4.69, 9.17) is 4.42 Å². The van der Waals surface area contributed by atoms with E-state index in [0.29, 0.717) is 0 Å². The Labute approximate surface area is 102 Å². The van der Waals surface area contributed by atoms with Crippen LogP contribution in [0, 0.1) is 6.92 Å². The van der Waals surface area contributed by atoms with E-state index in [1.807, 2.05) is 18.3 Å². The molecule has 0 radical (unpaired) electrons. The molecule has 0 aromatic carbocycles. The number of hydrogen-bond acceptors (Lipinski definition) is 3. The van der Waals surface area contributed by atoms with Gasteiger partial charge in [-0.1, -0.05) is 13.0 Å². The van der Waals surface area contributed by atoms with Gasteiger partial charge < -0.3 is 9.73 Å². The predicted molar refractivity (Wildman–Crippen MR) is 67.8 cm³/mol. The summed E-state index contributed by atoms with van der Waals surface area (Å²) >= 11 is 0. The molecule has 0 amide bonds. The molecule has 0 fully saturated rings. The summed E-state index contributed by atoms with van der Waals surface area (Å²) in [5.74, 6) is 0. The highest BCUT2D eigenvalue weighted by molar-refractivity contribution is 5.23. The van der Waals surface area contributed by atoms with Gasteiger partial charge in [0.15, 0.2) is 0 Å². The molecule has 2 aromatic rings. The lowest BCUT2D eigenvalue weighted by Crippen LogP contribution is -2.24. The van der Waals surface area contributed by atoms with Crippen LogP contribution in [0.2, 0.25) is 0 Å². The second kappa shape index (κ2) is 5.64. The van der Waals surface area contributed by atoms with Crippen LogP contribution in [-0.2, 0) is 6.42 Å². The summed E-state index contributed by atoms with van der Waals surface area (Å²) in [6.07, 6.45) is 6.26. The number of furan rings is 1. The van der Waals surface area contributed by atoms with Crippen LogP contribution in [0.1, 0.15) is 29.8 Å². The highest BCUT2D eigenvalue weighted by Gasteiger charge is 2.14. The first kappa shape index (κ1) is 11.9. The Morgan fingerprint density at radius 2 is 2.29 bits per heavy atom. The minimum absolute atomic E-state index is 0.249. The van der Waals surface area contributed by atoms with Gasteiger partial charge in [0.05, 0.1) is 24.3 Å². The van der Waals surface area contributed by atoms with Gasteiger partial charge in [0.1, 0.15) is 0 Å². The standard InChI is InChI=1S/C14H18N2O/c1-3-15-13(9-12-6-8-17-10-12)14-11(2)5-4-7-16-14/h4-8,10,13,15H,3,9H2,1-2H3. The molecular weight excluding hydrogens is 212 g/mol. The monoisotopic (exact) mass is 230 g/mol. The molecular formula is C14H18N2O. The van der Waals surface area contributed by atoms with Crippen molar-refractivity contribution in [2.24, 2.45) is 0 Å². The van der Waals surface area contributed by atoms with E-state index < -0.39 is 0 Å². The van der Waals surface area contributed by atoms with E-state index in [1.165, 1.54) is 11.1 Å². The normalized spacial score (nSPS) is 12.6. The van der Waals surface area contributed by atoms with Crippen LogP contribution in [0.4, 0.5) is 0 Å². The molecule has 3 nitrogen and oxygen atoms in total. The van der Waals surface area contributed by atoms with E-state index in [9.17, 15) is 0 Å². The molecule has 1 unspecified atom stereocenters. The second-order valence-electron chi connectivity index (χ2n) is 4.15. The zero-order chi connectivity index (χ0) is 12.1. The smallest absolute Gasteiger partial charge is 0.0935 e. The van der Waals surface area contributed by atoms with E-state index >= 15 is 0 Å². The van der Waals surface area contributed by atoms with E-state index in [0.717, 1.165) is 18.7 Å². The average molecular weight is 230 g/mol. The molecule has 1 N–H and O–H groups in total. The average Bonchev–Trinajstić information content (AvgIpc) is 2.82. The highest BCUT2D eigenvalue weighted by Crippen LogP contribution is 2.19. The van der Waals surface area contributed by atoms with Crippen molar-refractivity contribution in [2.45, 2.75) is 26.3 Å². The number of pyridine rings is 1. The SMILES string of the molecule is CCNC(Cc1ccoc1)c1ncccc1C. The van der Waals surface area contributed by atoms with Crippen LogP contribution in [-0.4, -0.2) is 11.5 Å². The molecule has 2 aromatic heterocycles. The van der Waals surface area contributed by atoms with Gasteiger partial charge >= 0.3 is 0 Å². The van der Waals surface area contributed by atoms with Crippen LogP contribution in [0.5, 0.6) is 0 Å². The third-order valence-corrected chi connectivity index (χ3v) is 2.85. The maximum Gasteiger partial charge on any atom is 0.0935 e. The van der Waals surface area contributed by atoms with Gasteiger partial charge in [0.2, 0.25) is 0 Å². The third-order valence-electron chi connectivity index (χ3n) is 2.85. The molecule has 0 saturated heterocycles. The van der Waals surface area contributed by atoms with Crippen LogP contribution in [0.15, 0.2) is 41.3 Å². The van der Waals surface area contributed by atoms with E-state index in [2.05, 4.69) is 30.2 Å². The maximum atomic E-state index is 5.11. The molecule has 0 aliphatic heterocycles. The molecule has 0 aliphatic carbocycles. The van der Waals surface area contributed by atoms with Crippen molar-refractivity contribution in [3.63, 3.8) is 0 Å². The largest absolute Gasteiger partial charge is 0.472 e. The lowest BCUT2D eigenvalue weighted by molar-refractivity contribution is 0.523. The van der Waals surface area contributed by atoms with Crippen LogP contribution in [0.3, 0.4) is 0 Å². The van der Waals surface area contributed by atoms with Crippen molar-refractivity contribution < 1.29 is 4.42 Å². The Morgan fingerprint density at radius 1 is 1.41 bits per heavy atom. The van der Waals surface area contributed by atoms with Crippen molar-refractivity contribution in [3.8, 4) is 0 Å². The Bertz CT molecular complexity index is 451. The fraction of sp³-hybridized carbons (Fsp3) is 0.357. The lowest BCUT2D eigenvalue weighted by atomic mass is 10.0. The number of hydrogen-bond donors (Lipinski definition) is 1. The first-order valence-electron chi connectivity index (χ1n) is 5.97. The van der Waals surface area contributed by atoms with E-state index in [-0.39, 0.29) is 6.04 Å². The van der Waals surface area contributed by atoms with Crippen LogP contribution < -0.4 is 5.32 Å².